The summed E-state index contributed by atoms with van der Waals surface area (Å²) in [6.45, 7) is 4.69. The highest BCUT2D eigenvalue weighted by Crippen LogP contribution is 2.38. The summed E-state index contributed by atoms with van der Waals surface area (Å²) in [5.41, 5.74) is 0. The van der Waals surface area contributed by atoms with Crippen molar-refractivity contribution in [3.8, 4) is 0 Å². The fraction of sp³-hybridized carbons (Fsp3) is 0.917. The first kappa shape index (κ1) is 68.0. The summed E-state index contributed by atoms with van der Waals surface area (Å²) in [6.07, 6.45) is 65.4. The van der Waals surface area contributed by atoms with Crippen LogP contribution in [0.3, 0.4) is 0 Å². The van der Waals surface area contributed by atoms with E-state index < -0.39 is 20.0 Å². The fourth-order valence-corrected chi connectivity index (χ4v) is 9.87. The molecule has 1 amide bonds. The Balaban J connectivity index is 4.17. The molecule has 0 saturated heterocycles. The van der Waals surface area contributed by atoms with Gasteiger partial charge >= 0.3 is 0 Å². The molecule has 69 heavy (non-hydrogen) atoms. The number of amides is 1. The molecule has 0 spiro atoms. The second-order valence-corrected chi connectivity index (χ2v) is 23.5. The van der Waals surface area contributed by atoms with Gasteiger partial charge in [0.15, 0.2) is 0 Å². The van der Waals surface area contributed by atoms with Gasteiger partial charge in [0.1, 0.15) is 13.2 Å². The van der Waals surface area contributed by atoms with Crippen LogP contribution < -0.4 is 10.2 Å². The summed E-state index contributed by atoms with van der Waals surface area (Å²) in [6, 6.07) is -0.886. The highest BCUT2D eigenvalue weighted by Gasteiger charge is 2.23. The highest BCUT2D eigenvalue weighted by molar-refractivity contribution is 7.45. The third-order valence-electron chi connectivity index (χ3n) is 13.9. The van der Waals surface area contributed by atoms with Crippen molar-refractivity contribution in [3.63, 3.8) is 0 Å². The number of unbranched alkanes of at least 4 members (excludes halogenated alkanes) is 41. The lowest BCUT2D eigenvalue weighted by Crippen LogP contribution is -2.45. The molecule has 0 aromatic rings. The standard InChI is InChI=1S/C60H119N2O6P/c1-6-8-10-12-14-16-18-20-22-24-26-28-29-30-31-32-34-35-37-39-41-43-45-47-49-51-53-59(63)58(57-68-69(65,66)67-56-55-62(3,4)5)61-60(64)54-52-50-48-46-44-42-40-38-36-33-27-25-23-21-19-17-15-13-11-9-7-2/h25,27,51,53,58-59,63H,6-24,26,28-50,52,54-57H2,1-5H3,(H-,61,64,65,66)/b27-25-,53-51+. The van der Waals surface area contributed by atoms with Crippen LogP contribution in [0.25, 0.3) is 0 Å². The second kappa shape index (κ2) is 51.9. The van der Waals surface area contributed by atoms with Crippen LogP contribution in [0.2, 0.25) is 0 Å². The molecule has 9 heteroatoms. The Morgan fingerprint density at radius 2 is 0.797 bits per heavy atom. The van der Waals surface area contributed by atoms with Gasteiger partial charge in [0.2, 0.25) is 5.91 Å². The number of aliphatic hydroxyl groups excluding tert-OH is 1. The first-order valence-electron chi connectivity index (χ1n) is 30.2. The van der Waals surface area contributed by atoms with E-state index in [1.54, 1.807) is 6.08 Å². The van der Waals surface area contributed by atoms with Crippen LogP contribution in [-0.4, -0.2) is 68.5 Å². The molecule has 0 radical (unpaired) electrons. The predicted octanol–water partition coefficient (Wildman–Crippen LogP) is 17.7. The number of carbonyl (C=O) groups excluding carboxylic acids is 1. The number of hydrogen-bond acceptors (Lipinski definition) is 6. The molecule has 0 heterocycles. The zero-order valence-corrected chi connectivity index (χ0v) is 47.7. The van der Waals surface area contributed by atoms with E-state index in [1.807, 2.05) is 27.2 Å². The summed E-state index contributed by atoms with van der Waals surface area (Å²) in [5, 5.41) is 13.9. The number of allylic oxidation sites excluding steroid dienone is 3. The Morgan fingerprint density at radius 1 is 0.493 bits per heavy atom. The average molecular weight is 996 g/mol. The molecule has 0 rings (SSSR count). The summed E-state index contributed by atoms with van der Waals surface area (Å²) >= 11 is 0. The maximum Gasteiger partial charge on any atom is 0.268 e. The van der Waals surface area contributed by atoms with Crippen molar-refractivity contribution >= 4 is 13.7 Å². The molecule has 2 N–H and O–H groups in total. The normalized spacial score (nSPS) is 14.0. The minimum Gasteiger partial charge on any atom is -0.756 e. The fourth-order valence-electron chi connectivity index (χ4n) is 9.15. The first-order valence-corrected chi connectivity index (χ1v) is 31.7. The van der Waals surface area contributed by atoms with Gasteiger partial charge in [-0.2, -0.15) is 0 Å². The van der Waals surface area contributed by atoms with E-state index >= 15 is 0 Å². The SMILES string of the molecule is CCCCCCCCCC/C=C\CCCCCCCCCCCC(=O)NC(COP(=O)([O-])OCC[N+](C)(C)C)C(O)/C=C/CCCCCCCCCCCCCCCCCCCCCCCCCC. The van der Waals surface area contributed by atoms with Crippen LogP contribution in [0.15, 0.2) is 24.3 Å². The van der Waals surface area contributed by atoms with Gasteiger partial charge in [-0.25, -0.2) is 0 Å². The van der Waals surface area contributed by atoms with Crippen LogP contribution in [0.4, 0.5) is 0 Å². The van der Waals surface area contributed by atoms with Crippen molar-refractivity contribution in [2.75, 3.05) is 40.9 Å². The maximum atomic E-state index is 13.0. The number of carbonyl (C=O) groups is 1. The summed E-state index contributed by atoms with van der Waals surface area (Å²) in [5.74, 6) is -0.195. The zero-order chi connectivity index (χ0) is 50.6. The average Bonchev–Trinajstić information content (AvgIpc) is 3.31. The Hall–Kier alpha value is -1.02. The molecule has 0 aromatic carbocycles. The van der Waals surface area contributed by atoms with E-state index in [0.717, 1.165) is 38.5 Å². The lowest BCUT2D eigenvalue weighted by molar-refractivity contribution is -0.870. The molecule has 0 saturated carbocycles. The zero-order valence-electron chi connectivity index (χ0n) is 46.8. The van der Waals surface area contributed by atoms with Crippen molar-refractivity contribution in [2.45, 2.75) is 315 Å². The van der Waals surface area contributed by atoms with Gasteiger partial charge in [0, 0.05) is 6.42 Å². The number of likely N-dealkylation sites (N-methyl/N-ethyl adjacent to an activating group) is 1. The van der Waals surface area contributed by atoms with E-state index in [-0.39, 0.29) is 19.1 Å². The number of quaternary nitrogens is 1. The number of nitrogens with zero attached hydrogens (tertiary/aromatic N) is 1. The van der Waals surface area contributed by atoms with Crippen molar-refractivity contribution < 1.29 is 32.9 Å². The molecular weight excluding hydrogens is 876 g/mol. The van der Waals surface area contributed by atoms with Crippen LogP contribution in [-0.2, 0) is 18.4 Å². The number of nitrogens with one attached hydrogen (secondary N) is 1. The number of rotatable bonds is 56. The molecule has 8 nitrogen and oxygen atoms in total. The summed E-state index contributed by atoms with van der Waals surface area (Å²) in [7, 11) is 1.27. The van der Waals surface area contributed by atoms with E-state index in [4.69, 9.17) is 9.05 Å². The Kier molecular flexibility index (Phi) is 51.1. The predicted molar refractivity (Wildman–Crippen MR) is 298 cm³/mol. The van der Waals surface area contributed by atoms with Gasteiger partial charge in [-0.1, -0.05) is 276 Å². The second-order valence-electron chi connectivity index (χ2n) is 22.1. The minimum atomic E-state index is -4.60. The third kappa shape index (κ3) is 54.6. The van der Waals surface area contributed by atoms with Crippen LogP contribution in [0.1, 0.15) is 303 Å². The van der Waals surface area contributed by atoms with Crippen LogP contribution in [0, 0.1) is 0 Å². The van der Waals surface area contributed by atoms with Gasteiger partial charge in [0.25, 0.3) is 7.82 Å². The lowest BCUT2D eigenvalue weighted by Gasteiger charge is -2.29. The third-order valence-corrected chi connectivity index (χ3v) is 14.9. The number of phosphoric acid groups is 1. The first-order chi connectivity index (χ1) is 33.5. The van der Waals surface area contributed by atoms with Gasteiger partial charge in [-0.3, -0.25) is 9.36 Å². The summed E-state index contributed by atoms with van der Waals surface area (Å²) < 4.78 is 23.4. The Bertz CT molecular complexity index is 1170. The Morgan fingerprint density at radius 3 is 1.13 bits per heavy atom. The van der Waals surface area contributed by atoms with E-state index in [1.165, 1.54) is 244 Å². The van der Waals surface area contributed by atoms with Crippen molar-refractivity contribution in [2.24, 2.45) is 0 Å². The minimum absolute atomic E-state index is 0.000418. The van der Waals surface area contributed by atoms with Crippen molar-refractivity contribution in [1.82, 2.24) is 5.32 Å². The quantitative estimate of drug-likeness (QED) is 0.0272. The molecular formula is C60H119N2O6P. The van der Waals surface area contributed by atoms with Crippen molar-refractivity contribution in [3.05, 3.63) is 24.3 Å². The van der Waals surface area contributed by atoms with Gasteiger partial charge in [-0.15, -0.1) is 0 Å². The molecule has 410 valence electrons. The molecule has 0 aliphatic heterocycles. The molecule has 3 unspecified atom stereocenters. The summed E-state index contributed by atoms with van der Waals surface area (Å²) in [4.78, 5) is 25.5. The molecule has 0 aliphatic carbocycles. The van der Waals surface area contributed by atoms with E-state index in [9.17, 15) is 19.4 Å². The van der Waals surface area contributed by atoms with Crippen molar-refractivity contribution in [1.29, 1.82) is 0 Å². The van der Waals surface area contributed by atoms with E-state index in [2.05, 4.69) is 31.3 Å². The largest absolute Gasteiger partial charge is 0.756 e. The van der Waals surface area contributed by atoms with E-state index in [0.29, 0.717) is 17.4 Å². The molecule has 0 aromatic heterocycles. The molecule has 0 aliphatic rings. The lowest BCUT2D eigenvalue weighted by atomic mass is 10.0. The topological polar surface area (TPSA) is 108 Å². The molecule has 0 fully saturated rings. The molecule has 3 atom stereocenters. The smallest absolute Gasteiger partial charge is 0.268 e. The van der Waals surface area contributed by atoms with Gasteiger partial charge in [0.05, 0.1) is 39.9 Å². The Labute approximate surface area is 430 Å². The highest BCUT2D eigenvalue weighted by atomic mass is 31.2. The number of aliphatic hydroxyl groups is 1. The van der Waals surface area contributed by atoms with Crippen LogP contribution >= 0.6 is 7.82 Å². The maximum absolute atomic E-state index is 13.0. The van der Waals surface area contributed by atoms with Gasteiger partial charge in [-0.05, 0) is 44.9 Å². The van der Waals surface area contributed by atoms with Gasteiger partial charge < -0.3 is 28.8 Å². The monoisotopic (exact) mass is 995 g/mol. The number of phosphoric ester groups is 1. The number of hydrogen-bond donors (Lipinski definition) is 2. The molecule has 0 bridgehead atoms. The van der Waals surface area contributed by atoms with Crippen LogP contribution in [0.5, 0.6) is 0 Å².